The van der Waals surface area contributed by atoms with Crippen LogP contribution in [0.25, 0.3) is 11.0 Å². The van der Waals surface area contributed by atoms with Crippen molar-refractivity contribution in [1.82, 2.24) is 9.55 Å². The number of imidazole rings is 1. The molecule has 4 heteroatoms. The van der Waals surface area contributed by atoms with Crippen LogP contribution in [0.4, 0.5) is 5.95 Å². The zero-order valence-corrected chi connectivity index (χ0v) is 10.9. The number of benzene rings is 1. The van der Waals surface area contributed by atoms with Gasteiger partial charge in [-0.05, 0) is 38.3 Å². The van der Waals surface area contributed by atoms with Crippen molar-refractivity contribution in [2.24, 2.45) is 0 Å². The smallest absolute Gasteiger partial charge is 0.201 e. The molecule has 1 aliphatic rings. The van der Waals surface area contributed by atoms with Crippen LogP contribution in [-0.4, -0.2) is 22.3 Å². The number of nitrogens with two attached hydrogens (primary N) is 1. The predicted octanol–water partition coefficient (Wildman–Crippen LogP) is 2.67. The SMILES string of the molecule is Cc1cccc2nc(N)n(C3CCOC(C)C3)c12. The first-order valence-corrected chi connectivity index (χ1v) is 6.51. The van der Waals surface area contributed by atoms with E-state index >= 15 is 0 Å². The molecule has 3 rings (SSSR count). The number of fused-ring (bicyclic) bond motifs is 1. The monoisotopic (exact) mass is 245 g/mol. The molecular weight excluding hydrogens is 226 g/mol. The number of aromatic nitrogens is 2. The molecule has 0 bridgehead atoms. The summed E-state index contributed by atoms with van der Waals surface area (Å²) in [5.74, 6) is 0.624. The Morgan fingerprint density at radius 1 is 1.44 bits per heavy atom. The van der Waals surface area contributed by atoms with Crippen LogP contribution in [0.3, 0.4) is 0 Å². The molecule has 2 unspecified atom stereocenters. The summed E-state index contributed by atoms with van der Waals surface area (Å²) in [6, 6.07) is 6.57. The molecule has 4 nitrogen and oxygen atoms in total. The van der Waals surface area contributed by atoms with Gasteiger partial charge in [-0.1, -0.05) is 12.1 Å². The number of para-hydroxylation sites is 1. The molecule has 1 aromatic carbocycles. The minimum atomic E-state index is 0.296. The quantitative estimate of drug-likeness (QED) is 0.840. The lowest BCUT2D eigenvalue weighted by atomic mass is 10.0. The summed E-state index contributed by atoms with van der Waals surface area (Å²) >= 11 is 0. The second-order valence-electron chi connectivity index (χ2n) is 5.14. The molecule has 0 radical (unpaired) electrons. The van der Waals surface area contributed by atoms with Gasteiger partial charge < -0.3 is 15.0 Å². The molecule has 1 fully saturated rings. The molecule has 1 aliphatic heterocycles. The number of hydrogen-bond acceptors (Lipinski definition) is 3. The van der Waals surface area contributed by atoms with E-state index in [1.165, 1.54) is 11.1 Å². The molecule has 2 atom stereocenters. The molecule has 0 amide bonds. The van der Waals surface area contributed by atoms with Gasteiger partial charge in [0, 0.05) is 12.6 Å². The fourth-order valence-electron chi connectivity index (χ4n) is 2.92. The molecule has 0 spiro atoms. The summed E-state index contributed by atoms with van der Waals surface area (Å²) in [7, 11) is 0. The highest BCUT2D eigenvalue weighted by Gasteiger charge is 2.24. The van der Waals surface area contributed by atoms with E-state index in [1.807, 2.05) is 12.1 Å². The van der Waals surface area contributed by atoms with Gasteiger partial charge >= 0.3 is 0 Å². The molecule has 0 aliphatic carbocycles. The number of anilines is 1. The maximum Gasteiger partial charge on any atom is 0.201 e. The third kappa shape index (κ3) is 1.77. The van der Waals surface area contributed by atoms with Gasteiger partial charge in [-0.15, -0.1) is 0 Å². The number of nitrogen functional groups attached to an aromatic ring is 1. The van der Waals surface area contributed by atoms with Crippen molar-refractivity contribution < 1.29 is 4.74 Å². The highest BCUT2D eigenvalue weighted by atomic mass is 16.5. The van der Waals surface area contributed by atoms with Crippen molar-refractivity contribution >= 4 is 17.0 Å². The van der Waals surface area contributed by atoms with Crippen LogP contribution in [0.15, 0.2) is 18.2 Å². The number of hydrogen-bond donors (Lipinski definition) is 1. The number of ether oxygens (including phenoxy) is 1. The summed E-state index contributed by atoms with van der Waals surface area (Å²) in [6.07, 6.45) is 2.31. The highest BCUT2D eigenvalue weighted by Crippen LogP contribution is 2.32. The number of aryl methyl sites for hydroxylation is 1. The van der Waals surface area contributed by atoms with Crippen molar-refractivity contribution in [3.8, 4) is 0 Å². The third-order valence-electron chi connectivity index (χ3n) is 3.76. The van der Waals surface area contributed by atoms with Gasteiger partial charge in [0.05, 0.1) is 17.1 Å². The molecule has 0 saturated carbocycles. The van der Waals surface area contributed by atoms with E-state index in [0.29, 0.717) is 18.1 Å². The van der Waals surface area contributed by atoms with E-state index < -0.39 is 0 Å². The lowest BCUT2D eigenvalue weighted by molar-refractivity contribution is 0.00712. The second-order valence-corrected chi connectivity index (χ2v) is 5.14. The molecular formula is C14H19N3O. The molecule has 2 aromatic rings. The largest absolute Gasteiger partial charge is 0.378 e. The Bertz CT molecular complexity index is 576. The molecule has 1 saturated heterocycles. The van der Waals surface area contributed by atoms with E-state index in [9.17, 15) is 0 Å². The molecule has 96 valence electrons. The van der Waals surface area contributed by atoms with E-state index in [0.717, 1.165) is 25.0 Å². The third-order valence-corrected chi connectivity index (χ3v) is 3.76. The summed E-state index contributed by atoms with van der Waals surface area (Å²) in [4.78, 5) is 4.47. The predicted molar refractivity (Wildman–Crippen MR) is 72.6 cm³/mol. The van der Waals surface area contributed by atoms with Gasteiger partial charge in [-0.2, -0.15) is 0 Å². The minimum absolute atomic E-state index is 0.296. The summed E-state index contributed by atoms with van der Waals surface area (Å²) in [5, 5.41) is 0. The summed E-state index contributed by atoms with van der Waals surface area (Å²) in [5.41, 5.74) is 9.51. The van der Waals surface area contributed by atoms with E-state index in [2.05, 4.69) is 29.5 Å². The summed E-state index contributed by atoms with van der Waals surface area (Å²) in [6.45, 7) is 5.04. The topological polar surface area (TPSA) is 53.1 Å². The Balaban J connectivity index is 2.13. The first-order valence-electron chi connectivity index (χ1n) is 6.51. The van der Waals surface area contributed by atoms with Crippen LogP contribution in [0.2, 0.25) is 0 Å². The van der Waals surface area contributed by atoms with Crippen LogP contribution in [0.5, 0.6) is 0 Å². The van der Waals surface area contributed by atoms with Gasteiger partial charge in [-0.3, -0.25) is 0 Å². The average molecular weight is 245 g/mol. The summed E-state index contributed by atoms with van der Waals surface area (Å²) < 4.78 is 7.81. The highest BCUT2D eigenvalue weighted by molar-refractivity contribution is 5.81. The lowest BCUT2D eigenvalue weighted by Crippen LogP contribution is -2.26. The Labute approximate surface area is 107 Å². The molecule has 1 aromatic heterocycles. The van der Waals surface area contributed by atoms with Gasteiger partial charge in [0.25, 0.3) is 0 Å². The van der Waals surface area contributed by atoms with Crippen LogP contribution >= 0.6 is 0 Å². The van der Waals surface area contributed by atoms with Crippen molar-refractivity contribution in [2.45, 2.75) is 38.8 Å². The maximum absolute atomic E-state index is 6.11. The first-order chi connectivity index (χ1) is 8.66. The number of rotatable bonds is 1. The van der Waals surface area contributed by atoms with Crippen molar-refractivity contribution in [1.29, 1.82) is 0 Å². The first kappa shape index (κ1) is 11.5. The van der Waals surface area contributed by atoms with Gasteiger partial charge in [0.15, 0.2) is 0 Å². The molecule has 18 heavy (non-hydrogen) atoms. The minimum Gasteiger partial charge on any atom is -0.378 e. The second kappa shape index (κ2) is 4.28. The Morgan fingerprint density at radius 2 is 2.28 bits per heavy atom. The Hall–Kier alpha value is -1.55. The van der Waals surface area contributed by atoms with Gasteiger partial charge in [0.1, 0.15) is 0 Å². The van der Waals surface area contributed by atoms with Crippen molar-refractivity contribution in [3.05, 3.63) is 23.8 Å². The van der Waals surface area contributed by atoms with E-state index in [4.69, 9.17) is 10.5 Å². The zero-order chi connectivity index (χ0) is 12.7. The Kier molecular flexibility index (Phi) is 2.74. The number of nitrogens with zero attached hydrogens (tertiary/aromatic N) is 2. The van der Waals surface area contributed by atoms with Crippen LogP contribution in [0.1, 0.15) is 31.4 Å². The van der Waals surface area contributed by atoms with Gasteiger partial charge in [-0.25, -0.2) is 4.98 Å². The van der Waals surface area contributed by atoms with Gasteiger partial charge in [0.2, 0.25) is 5.95 Å². The Morgan fingerprint density at radius 3 is 3.06 bits per heavy atom. The van der Waals surface area contributed by atoms with E-state index in [1.54, 1.807) is 0 Å². The van der Waals surface area contributed by atoms with Crippen molar-refractivity contribution in [2.75, 3.05) is 12.3 Å². The average Bonchev–Trinajstić information content (AvgIpc) is 2.67. The normalized spacial score (nSPS) is 24.6. The zero-order valence-electron chi connectivity index (χ0n) is 10.9. The van der Waals surface area contributed by atoms with Crippen LogP contribution < -0.4 is 5.73 Å². The fraction of sp³-hybridized carbons (Fsp3) is 0.500. The maximum atomic E-state index is 6.11. The van der Waals surface area contributed by atoms with Crippen molar-refractivity contribution in [3.63, 3.8) is 0 Å². The van der Waals surface area contributed by atoms with E-state index in [-0.39, 0.29) is 0 Å². The molecule has 2 N–H and O–H groups in total. The lowest BCUT2D eigenvalue weighted by Gasteiger charge is -2.29. The van der Waals surface area contributed by atoms with Crippen LogP contribution in [-0.2, 0) is 4.74 Å². The fourth-order valence-corrected chi connectivity index (χ4v) is 2.92. The van der Waals surface area contributed by atoms with Crippen LogP contribution in [0, 0.1) is 6.92 Å². The molecule has 2 heterocycles. The standard InChI is InChI=1S/C14H19N3O/c1-9-4-3-5-12-13(9)17(14(15)16-12)11-6-7-18-10(2)8-11/h3-5,10-11H,6-8H2,1-2H3,(H2,15,16).